The number of carbonyl (C=O) groups excluding carboxylic acids is 2. The molecule has 0 amide bonds. The smallest absolute Gasteiger partial charge is 0.462 e. The summed E-state index contributed by atoms with van der Waals surface area (Å²) in [6.45, 7) is 3.66. The zero-order valence-electron chi connectivity index (χ0n) is 31.9. The average Bonchev–Trinajstić information content (AvgIpc) is 3.10. The van der Waals surface area contributed by atoms with E-state index in [1.807, 2.05) is 6.08 Å². The van der Waals surface area contributed by atoms with E-state index < -0.39 is 32.5 Å². The van der Waals surface area contributed by atoms with Gasteiger partial charge in [0.15, 0.2) is 6.10 Å². The molecular weight excluding hydrogens is 653 g/mol. The Morgan fingerprint density at radius 3 is 1.60 bits per heavy atom. The van der Waals surface area contributed by atoms with Crippen LogP contribution >= 0.6 is 7.82 Å². The summed E-state index contributed by atoms with van der Waals surface area (Å²) in [5.74, 6) is -0.889. The van der Waals surface area contributed by atoms with Gasteiger partial charge in [0.1, 0.15) is 6.61 Å². The molecule has 0 aromatic rings. The highest BCUT2D eigenvalue weighted by Gasteiger charge is 2.25. The first-order chi connectivity index (χ1) is 24.3. The number of nitrogens with two attached hydrogens (primary N) is 1. The van der Waals surface area contributed by atoms with Gasteiger partial charge in [-0.05, 0) is 44.9 Å². The normalized spacial score (nSPS) is 13.8. The second kappa shape index (κ2) is 37.0. The molecule has 50 heavy (non-hydrogen) atoms. The van der Waals surface area contributed by atoms with Gasteiger partial charge in [-0.15, -0.1) is 0 Å². The lowest BCUT2D eigenvalue weighted by Crippen LogP contribution is -2.29. The molecular formula is C40H74NO8P. The first-order valence-electron chi connectivity index (χ1n) is 20.0. The molecule has 0 aromatic heterocycles. The maximum Gasteiger partial charge on any atom is 0.472 e. The molecule has 0 aliphatic rings. The molecule has 2 unspecified atom stereocenters. The van der Waals surface area contributed by atoms with Crippen molar-refractivity contribution in [3.63, 3.8) is 0 Å². The number of ether oxygens (including phenoxy) is 2. The number of rotatable bonds is 37. The predicted molar refractivity (Wildman–Crippen MR) is 206 cm³/mol. The summed E-state index contributed by atoms with van der Waals surface area (Å²) in [6.07, 6.45) is 39.0. The van der Waals surface area contributed by atoms with Gasteiger partial charge in [0, 0.05) is 19.4 Å². The fourth-order valence-electron chi connectivity index (χ4n) is 5.30. The summed E-state index contributed by atoms with van der Waals surface area (Å²) < 4.78 is 32.6. The molecule has 0 bridgehead atoms. The summed E-state index contributed by atoms with van der Waals surface area (Å²) in [5.41, 5.74) is 5.33. The van der Waals surface area contributed by atoms with Gasteiger partial charge in [-0.25, -0.2) is 4.57 Å². The molecule has 9 nitrogen and oxygen atoms in total. The topological polar surface area (TPSA) is 134 Å². The third-order valence-corrected chi connectivity index (χ3v) is 9.26. The van der Waals surface area contributed by atoms with Crippen LogP contribution in [0.15, 0.2) is 36.5 Å². The molecule has 3 N–H and O–H groups in total. The van der Waals surface area contributed by atoms with Gasteiger partial charge < -0.3 is 20.1 Å². The van der Waals surface area contributed by atoms with Crippen molar-refractivity contribution in [2.45, 2.75) is 180 Å². The van der Waals surface area contributed by atoms with Crippen LogP contribution in [0.1, 0.15) is 174 Å². The minimum absolute atomic E-state index is 0.0461. The standard InChI is InChI=1S/C40H74NO8P/c1-3-5-7-9-11-13-15-17-18-19-20-21-23-25-27-29-31-33-40(43)49-38(37-48-50(44,45)47-35-34-41)36-46-39(42)32-30-28-26-24-22-16-14-12-10-8-6-4-2/h17-18,20-21,25,27,38H,3-16,19,22-24,26,28-37,41H2,1-2H3,(H,44,45). The molecule has 0 aliphatic heterocycles. The van der Waals surface area contributed by atoms with Crippen LogP contribution in [-0.2, 0) is 32.7 Å². The number of hydrogen-bond donors (Lipinski definition) is 2. The first-order valence-corrected chi connectivity index (χ1v) is 21.5. The minimum atomic E-state index is -4.38. The third-order valence-electron chi connectivity index (χ3n) is 8.28. The number of phosphoric ester groups is 1. The lowest BCUT2D eigenvalue weighted by Gasteiger charge is -2.19. The lowest BCUT2D eigenvalue weighted by atomic mass is 10.0. The van der Waals surface area contributed by atoms with Crippen LogP contribution in [0.5, 0.6) is 0 Å². The van der Waals surface area contributed by atoms with E-state index >= 15 is 0 Å². The molecule has 2 atom stereocenters. The number of phosphoric acid groups is 1. The Morgan fingerprint density at radius 1 is 0.600 bits per heavy atom. The van der Waals surface area contributed by atoms with Crippen molar-refractivity contribution in [3.05, 3.63) is 36.5 Å². The van der Waals surface area contributed by atoms with Gasteiger partial charge in [0.25, 0.3) is 0 Å². The van der Waals surface area contributed by atoms with Crippen molar-refractivity contribution in [1.29, 1.82) is 0 Å². The largest absolute Gasteiger partial charge is 0.472 e. The molecule has 0 heterocycles. The second-order valence-electron chi connectivity index (χ2n) is 13.2. The quantitative estimate of drug-likeness (QED) is 0.0277. The third kappa shape index (κ3) is 36.0. The molecule has 0 rings (SSSR count). The predicted octanol–water partition coefficient (Wildman–Crippen LogP) is 11.0. The molecule has 0 saturated carbocycles. The summed E-state index contributed by atoms with van der Waals surface area (Å²) >= 11 is 0. The molecule has 0 saturated heterocycles. The SMILES string of the molecule is CCCCCCCCC=CCC=CCC=CCCCC(=O)OC(COC(=O)CCCCCCCCCCCCCC)COP(=O)(O)OCCN. The first kappa shape index (κ1) is 48.2. The van der Waals surface area contributed by atoms with Gasteiger partial charge in [-0.1, -0.05) is 153 Å². The second-order valence-corrected chi connectivity index (χ2v) is 14.6. The van der Waals surface area contributed by atoms with Crippen molar-refractivity contribution in [1.82, 2.24) is 0 Å². The Hall–Kier alpha value is -1.77. The van der Waals surface area contributed by atoms with Crippen LogP contribution in [-0.4, -0.2) is 49.3 Å². The Morgan fingerprint density at radius 2 is 1.06 bits per heavy atom. The maximum absolute atomic E-state index is 12.5. The molecule has 0 fully saturated rings. The van der Waals surface area contributed by atoms with E-state index in [2.05, 4.69) is 44.2 Å². The zero-order valence-corrected chi connectivity index (χ0v) is 32.8. The van der Waals surface area contributed by atoms with Gasteiger partial charge in [-0.2, -0.15) is 0 Å². The van der Waals surface area contributed by atoms with Crippen molar-refractivity contribution in [2.75, 3.05) is 26.4 Å². The van der Waals surface area contributed by atoms with Crippen LogP contribution in [0.3, 0.4) is 0 Å². The molecule has 10 heteroatoms. The van der Waals surface area contributed by atoms with Crippen LogP contribution in [0.25, 0.3) is 0 Å². The van der Waals surface area contributed by atoms with Crippen LogP contribution < -0.4 is 5.73 Å². The number of allylic oxidation sites excluding steroid dienone is 6. The van der Waals surface area contributed by atoms with Crippen molar-refractivity contribution in [3.8, 4) is 0 Å². The summed E-state index contributed by atoms with van der Waals surface area (Å²) in [5, 5.41) is 0. The van der Waals surface area contributed by atoms with Crippen LogP contribution in [0.4, 0.5) is 0 Å². The van der Waals surface area contributed by atoms with Gasteiger partial charge in [0.2, 0.25) is 0 Å². The molecule has 0 aromatic carbocycles. The number of esters is 2. The van der Waals surface area contributed by atoms with E-state index in [1.54, 1.807) is 0 Å². The van der Waals surface area contributed by atoms with Gasteiger partial charge in [-0.3, -0.25) is 18.6 Å². The van der Waals surface area contributed by atoms with E-state index in [0.717, 1.165) is 44.9 Å². The van der Waals surface area contributed by atoms with E-state index in [4.69, 9.17) is 24.3 Å². The highest BCUT2D eigenvalue weighted by atomic mass is 31.2. The average molecular weight is 728 g/mol. The highest BCUT2D eigenvalue weighted by molar-refractivity contribution is 7.47. The Kier molecular flexibility index (Phi) is 35.7. The van der Waals surface area contributed by atoms with Crippen molar-refractivity contribution >= 4 is 19.8 Å². The van der Waals surface area contributed by atoms with Crippen LogP contribution in [0, 0.1) is 0 Å². The minimum Gasteiger partial charge on any atom is -0.462 e. The lowest BCUT2D eigenvalue weighted by molar-refractivity contribution is -0.161. The monoisotopic (exact) mass is 728 g/mol. The highest BCUT2D eigenvalue weighted by Crippen LogP contribution is 2.43. The van der Waals surface area contributed by atoms with Gasteiger partial charge >= 0.3 is 19.8 Å². The van der Waals surface area contributed by atoms with E-state index in [0.29, 0.717) is 6.42 Å². The Bertz CT molecular complexity index is 923. The fourth-order valence-corrected chi connectivity index (χ4v) is 6.06. The fraction of sp³-hybridized carbons (Fsp3) is 0.800. The maximum atomic E-state index is 12.5. The van der Waals surface area contributed by atoms with Crippen molar-refractivity contribution < 1.29 is 37.6 Å². The van der Waals surface area contributed by atoms with E-state index in [9.17, 15) is 19.0 Å². The molecule has 292 valence electrons. The zero-order chi connectivity index (χ0) is 36.8. The van der Waals surface area contributed by atoms with Gasteiger partial charge in [0.05, 0.1) is 13.2 Å². The molecule has 0 radical (unpaired) electrons. The molecule has 0 spiro atoms. The van der Waals surface area contributed by atoms with E-state index in [-0.39, 0.29) is 32.6 Å². The number of unbranched alkanes of at least 4 members (excludes halogenated alkanes) is 18. The summed E-state index contributed by atoms with van der Waals surface area (Å²) in [6, 6.07) is 0. The summed E-state index contributed by atoms with van der Waals surface area (Å²) in [7, 11) is -4.38. The number of hydrogen-bond acceptors (Lipinski definition) is 8. The Balaban J connectivity index is 4.29. The summed E-state index contributed by atoms with van der Waals surface area (Å²) in [4.78, 5) is 34.7. The molecule has 0 aliphatic carbocycles. The Labute approximate surface area is 305 Å². The van der Waals surface area contributed by atoms with E-state index in [1.165, 1.54) is 96.3 Å². The van der Waals surface area contributed by atoms with Crippen LogP contribution in [0.2, 0.25) is 0 Å². The number of carbonyl (C=O) groups is 2. The van der Waals surface area contributed by atoms with Crippen molar-refractivity contribution in [2.24, 2.45) is 5.73 Å².